The highest BCUT2D eigenvalue weighted by molar-refractivity contribution is 4.49. The van der Waals surface area contributed by atoms with Gasteiger partial charge >= 0.3 is 0 Å². The quantitative estimate of drug-likeness (QED) is 0.0629. The largest absolute Gasteiger partial charge is 0.379 e. The molecule has 0 aliphatic carbocycles. The zero-order chi connectivity index (χ0) is 37.5. The molecule has 0 aromatic heterocycles. The first-order valence-electron chi connectivity index (χ1n) is 20.7. The van der Waals surface area contributed by atoms with Crippen LogP contribution in [0.1, 0.15) is 97.8 Å². The van der Waals surface area contributed by atoms with Gasteiger partial charge in [0.2, 0.25) is 0 Å². The lowest BCUT2D eigenvalue weighted by molar-refractivity contribution is -0.0286. The van der Waals surface area contributed by atoms with Crippen LogP contribution < -0.4 is 0 Å². The smallest absolute Gasteiger partial charge is 0.0701 e. The van der Waals surface area contributed by atoms with E-state index in [0.29, 0.717) is 151 Å². The summed E-state index contributed by atoms with van der Waals surface area (Å²) < 4.78 is 66.3. The third-order valence-electron chi connectivity index (χ3n) is 8.08. The minimum atomic E-state index is 0.521. The molecule has 314 valence electrons. The molecule has 0 rings (SSSR count). The Bertz CT molecular complexity index is 619. The van der Waals surface area contributed by atoms with Crippen LogP contribution in [0.15, 0.2) is 0 Å². The SMILES string of the molecule is CCCCCCCCCCCCCOCCOCCOCCOCCOCCOCCOCCOCCOCCOCCOCCOCC(C)CC. The first-order valence-corrected chi connectivity index (χ1v) is 20.7. The van der Waals surface area contributed by atoms with Crippen molar-refractivity contribution in [2.24, 2.45) is 5.92 Å². The first-order chi connectivity index (χ1) is 25.8. The molecule has 0 bridgehead atoms. The summed E-state index contributed by atoms with van der Waals surface area (Å²) in [6.45, 7) is 20.4. The molecule has 0 aromatic rings. The van der Waals surface area contributed by atoms with E-state index >= 15 is 0 Å². The van der Waals surface area contributed by atoms with Crippen LogP contribution in [0.5, 0.6) is 0 Å². The van der Waals surface area contributed by atoms with Crippen LogP contribution in [-0.2, 0) is 56.8 Å². The lowest BCUT2D eigenvalue weighted by atomic mass is 10.1. The molecule has 0 saturated carbocycles. The second-order valence-corrected chi connectivity index (χ2v) is 12.9. The topological polar surface area (TPSA) is 111 Å². The van der Waals surface area contributed by atoms with Crippen molar-refractivity contribution in [2.45, 2.75) is 97.8 Å². The summed E-state index contributed by atoms with van der Waals surface area (Å²) in [5, 5.41) is 0. The highest BCUT2D eigenvalue weighted by Crippen LogP contribution is 2.11. The second-order valence-electron chi connectivity index (χ2n) is 12.9. The van der Waals surface area contributed by atoms with E-state index in [0.717, 1.165) is 26.1 Å². The van der Waals surface area contributed by atoms with E-state index in [2.05, 4.69) is 20.8 Å². The van der Waals surface area contributed by atoms with Gasteiger partial charge in [0.1, 0.15) is 0 Å². The Morgan fingerprint density at radius 3 is 0.712 bits per heavy atom. The molecule has 0 heterocycles. The van der Waals surface area contributed by atoms with Crippen LogP contribution in [0.2, 0.25) is 0 Å². The van der Waals surface area contributed by atoms with Gasteiger partial charge in [-0.25, -0.2) is 0 Å². The Balaban J connectivity index is 3.05. The highest BCUT2D eigenvalue weighted by Gasteiger charge is 1.99. The van der Waals surface area contributed by atoms with E-state index in [9.17, 15) is 0 Å². The molecule has 52 heavy (non-hydrogen) atoms. The summed E-state index contributed by atoms with van der Waals surface area (Å²) in [4.78, 5) is 0. The molecule has 1 atom stereocenters. The zero-order valence-corrected chi connectivity index (χ0v) is 33.9. The van der Waals surface area contributed by atoms with E-state index in [-0.39, 0.29) is 0 Å². The predicted molar refractivity (Wildman–Crippen MR) is 206 cm³/mol. The van der Waals surface area contributed by atoms with Crippen molar-refractivity contribution in [2.75, 3.05) is 159 Å². The van der Waals surface area contributed by atoms with Crippen LogP contribution >= 0.6 is 0 Å². The lowest BCUT2D eigenvalue weighted by Crippen LogP contribution is -2.15. The number of unbranched alkanes of at least 4 members (excludes halogenated alkanes) is 10. The van der Waals surface area contributed by atoms with Gasteiger partial charge in [-0.15, -0.1) is 0 Å². The summed E-state index contributed by atoms with van der Waals surface area (Å²) >= 11 is 0. The normalized spacial score (nSPS) is 12.3. The van der Waals surface area contributed by atoms with Gasteiger partial charge in [0.05, 0.1) is 145 Å². The van der Waals surface area contributed by atoms with Crippen LogP contribution in [0.25, 0.3) is 0 Å². The molecule has 0 saturated heterocycles. The van der Waals surface area contributed by atoms with Crippen LogP contribution in [0.3, 0.4) is 0 Å². The number of rotatable bonds is 48. The van der Waals surface area contributed by atoms with Gasteiger partial charge in [0.15, 0.2) is 0 Å². The summed E-state index contributed by atoms with van der Waals surface area (Å²) in [6.07, 6.45) is 16.0. The minimum Gasteiger partial charge on any atom is -0.379 e. The van der Waals surface area contributed by atoms with Crippen molar-refractivity contribution in [1.82, 2.24) is 0 Å². The molecular formula is C40H82O12. The molecule has 0 aromatic carbocycles. The number of ether oxygens (including phenoxy) is 12. The molecule has 0 aliphatic heterocycles. The molecule has 0 aliphatic rings. The average molecular weight is 755 g/mol. The van der Waals surface area contributed by atoms with Crippen molar-refractivity contribution in [3.63, 3.8) is 0 Å². The molecule has 0 spiro atoms. The molecule has 0 radical (unpaired) electrons. The fourth-order valence-electron chi connectivity index (χ4n) is 4.69. The summed E-state index contributed by atoms with van der Waals surface area (Å²) in [5.41, 5.74) is 0. The Kier molecular flexibility index (Phi) is 48.1. The molecule has 0 amide bonds. The second kappa shape index (κ2) is 48.5. The van der Waals surface area contributed by atoms with Crippen LogP contribution in [-0.4, -0.2) is 159 Å². The van der Waals surface area contributed by atoms with E-state index < -0.39 is 0 Å². The van der Waals surface area contributed by atoms with Crippen molar-refractivity contribution in [3.05, 3.63) is 0 Å². The molecular weight excluding hydrogens is 672 g/mol. The number of hydrogen-bond acceptors (Lipinski definition) is 12. The molecule has 0 fully saturated rings. The Labute approximate surface area is 318 Å². The Morgan fingerprint density at radius 1 is 0.250 bits per heavy atom. The number of hydrogen-bond donors (Lipinski definition) is 0. The van der Waals surface area contributed by atoms with E-state index in [1.807, 2.05) is 0 Å². The van der Waals surface area contributed by atoms with Crippen molar-refractivity contribution in [1.29, 1.82) is 0 Å². The van der Waals surface area contributed by atoms with Crippen LogP contribution in [0.4, 0.5) is 0 Å². The van der Waals surface area contributed by atoms with E-state index in [4.69, 9.17) is 56.8 Å². The van der Waals surface area contributed by atoms with Gasteiger partial charge in [0.25, 0.3) is 0 Å². The molecule has 0 N–H and O–H groups in total. The first kappa shape index (κ1) is 51.5. The van der Waals surface area contributed by atoms with Gasteiger partial charge in [0, 0.05) is 13.2 Å². The zero-order valence-electron chi connectivity index (χ0n) is 33.9. The van der Waals surface area contributed by atoms with E-state index in [1.54, 1.807) is 0 Å². The summed E-state index contributed by atoms with van der Waals surface area (Å²) in [7, 11) is 0. The standard InChI is InChI=1S/C40H82O12/c1-4-6-7-8-9-10-11-12-13-14-15-16-41-17-18-42-19-20-43-21-22-44-23-24-45-25-26-46-27-28-47-29-30-48-31-32-49-33-34-50-35-36-51-37-38-52-39-40(3)5-2/h40H,4-39H2,1-3H3. The fraction of sp³-hybridized carbons (Fsp3) is 1.00. The Morgan fingerprint density at radius 2 is 0.462 bits per heavy atom. The molecule has 12 nitrogen and oxygen atoms in total. The maximum absolute atomic E-state index is 5.66. The fourth-order valence-corrected chi connectivity index (χ4v) is 4.69. The van der Waals surface area contributed by atoms with Crippen molar-refractivity contribution in [3.8, 4) is 0 Å². The van der Waals surface area contributed by atoms with Gasteiger partial charge in [-0.2, -0.15) is 0 Å². The Hall–Kier alpha value is -0.480. The van der Waals surface area contributed by atoms with Crippen molar-refractivity contribution >= 4 is 0 Å². The van der Waals surface area contributed by atoms with Crippen LogP contribution in [0, 0.1) is 5.92 Å². The maximum atomic E-state index is 5.66. The monoisotopic (exact) mass is 755 g/mol. The third kappa shape index (κ3) is 47.5. The predicted octanol–water partition coefficient (Wildman–Crippen LogP) is 6.54. The maximum Gasteiger partial charge on any atom is 0.0701 e. The third-order valence-corrected chi connectivity index (χ3v) is 8.08. The summed E-state index contributed by atoms with van der Waals surface area (Å²) in [6, 6.07) is 0. The highest BCUT2D eigenvalue weighted by atomic mass is 16.6. The summed E-state index contributed by atoms with van der Waals surface area (Å²) in [5.74, 6) is 0.599. The average Bonchev–Trinajstić information content (AvgIpc) is 3.16. The van der Waals surface area contributed by atoms with Gasteiger partial charge in [-0.3, -0.25) is 0 Å². The van der Waals surface area contributed by atoms with E-state index in [1.165, 1.54) is 64.2 Å². The van der Waals surface area contributed by atoms with Gasteiger partial charge < -0.3 is 56.8 Å². The van der Waals surface area contributed by atoms with Gasteiger partial charge in [-0.05, 0) is 12.3 Å². The molecule has 1 unspecified atom stereocenters. The minimum absolute atomic E-state index is 0.521. The lowest BCUT2D eigenvalue weighted by Gasteiger charge is -2.10. The van der Waals surface area contributed by atoms with Crippen molar-refractivity contribution < 1.29 is 56.8 Å². The molecule has 12 heteroatoms. The van der Waals surface area contributed by atoms with Gasteiger partial charge in [-0.1, -0.05) is 91.4 Å².